The maximum absolute atomic E-state index is 12.1. The van der Waals surface area contributed by atoms with E-state index < -0.39 is 10.0 Å². The van der Waals surface area contributed by atoms with Gasteiger partial charge in [-0.1, -0.05) is 23.7 Å². The molecule has 23 heavy (non-hydrogen) atoms. The quantitative estimate of drug-likeness (QED) is 0.784. The molecule has 0 saturated heterocycles. The third kappa shape index (κ3) is 5.04. The van der Waals surface area contributed by atoms with E-state index in [-0.39, 0.29) is 28.8 Å². The zero-order valence-electron chi connectivity index (χ0n) is 12.5. The van der Waals surface area contributed by atoms with E-state index in [1.807, 2.05) is 18.4 Å². The number of benzene rings is 1. The minimum absolute atomic E-state index is 0.0104. The van der Waals surface area contributed by atoms with Crippen LogP contribution in [0, 0.1) is 6.92 Å². The van der Waals surface area contributed by atoms with E-state index in [2.05, 4.69) is 10.0 Å². The summed E-state index contributed by atoms with van der Waals surface area (Å²) < 4.78 is 26.6. The van der Waals surface area contributed by atoms with Crippen molar-refractivity contribution < 1.29 is 13.2 Å². The number of nitrogens with one attached hydrogen (secondary N) is 2. The number of carbonyl (C=O) groups is 1. The first-order valence-electron chi connectivity index (χ1n) is 6.94. The number of rotatable bonds is 7. The molecule has 0 atom stereocenters. The van der Waals surface area contributed by atoms with Crippen LogP contribution in [0.5, 0.6) is 0 Å². The van der Waals surface area contributed by atoms with Gasteiger partial charge in [0, 0.05) is 17.8 Å². The van der Waals surface area contributed by atoms with E-state index in [9.17, 15) is 13.2 Å². The molecule has 8 heteroatoms. The Bertz CT molecular complexity index is 788. The number of carbonyl (C=O) groups excluding carboxylic acids is 1. The van der Waals surface area contributed by atoms with Crippen LogP contribution < -0.4 is 10.0 Å². The smallest absolute Gasteiger partial charge is 0.242 e. The highest BCUT2D eigenvalue weighted by atomic mass is 35.5. The van der Waals surface area contributed by atoms with Crippen LogP contribution >= 0.6 is 22.9 Å². The Balaban J connectivity index is 1.81. The van der Waals surface area contributed by atoms with Gasteiger partial charge in [-0.2, -0.15) is 0 Å². The molecule has 5 nitrogen and oxygen atoms in total. The predicted molar refractivity (Wildman–Crippen MR) is 92.2 cm³/mol. The number of aryl methyl sites for hydroxylation is 1. The maximum atomic E-state index is 12.1. The lowest BCUT2D eigenvalue weighted by Gasteiger charge is -2.08. The van der Waals surface area contributed by atoms with Crippen molar-refractivity contribution in [3.8, 4) is 0 Å². The number of halogens is 1. The van der Waals surface area contributed by atoms with E-state index in [1.165, 1.54) is 12.1 Å². The molecule has 0 spiro atoms. The van der Waals surface area contributed by atoms with E-state index in [0.717, 1.165) is 10.4 Å². The third-order valence-corrected chi connectivity index (χ3v) is 6.17. The van der Waals surface area contributed by atoms with Crippen molar-refractivity contribution in [2.45, 2.75) is 24.8 Å². The van der Waals surface area contributed by atoms with Crippen molar-refractivity contribution in [1.82, 2.24) is 10.0 Å². The Morgan fingerprint density at radius 3 is 2.65 bits per heavy atom. The summed E-state index contributed by atoms with van der Waals surface area (Å²) in [5.41, 5.74) is 1.13. The summed E-state index contributed by atoms with van der Waals surface area (Å²) in [7, 11) is -3.71. The molecule has 0 bridgehead atoms. The predicted octanol–water partition coefficient (Wildman–Crippen LogP) is 2.69. The molecule has 2 N–H and O–H groups in total. The first kappa shape index (κ1) is 17.9. The van der Waals surface area contributed by atoms with E-state index >= 15 is 0 Å². The topological polar surface area (TPSA) is 75.3 Å². The molecule has 2 rings (SSSR count). The highest BCUT2D eigenvalue weighted by molar-refractivity contribution is 7.89. The van der Waals surface area contributed by atoms with E-state index in [0.29, 0.717) is 6.54 Å². The molecular weight excluding hydrogens is 356 g/mol. The van der Waals surface area contributed by atoms with Gasteiger partial charge in [0.1, 0.15) is 4.90 Å². The molecule has 2 aromatic rings. The summed E-state index contributed by atoms with van der Waals surface area (Å²) in [6, 6.07) is 8.16. The second kappa shape index (κ2) is 7.92. The van der Waals surface area contributed by atoms with Crippen LogP contribution in [0.2, 0.25) is 5.02 Å². The average Bonchev–Trinajstić information content (AvgIpc) is 2.90. The summed E-state index contributed by atoms with van der Waals surface area (Å²) in [6.07, 6.45) is 0.0636. The lowest BCUT2D eigenvalue weighted by molar-refractivity contribution is -0.121. The van der Waals surface area contributed by atoms with Gasteiger partial charge in [-0.3, -0.25) is 4.79 Å². The zero-order valence-corrected chi connectivity index (χ0v) is 14.9. The van der Waals surface area contributed by atoms with Crippen LogP contribution in [0.4, 0.5) is 0 Å². The molecule has 1 heterocycles. The Kier molecular flexibility index (Phi) is 6.17. The standard InChI is InChI=1S/C15H17ClN2O3S2/c1-11-7-9-22-13(11)10-17-15(19)6-8-18-23(20,21)14-5-3-2-4-12(14)16/h2-5,7,9,18H,6,8,10H2,1H3,(H,17,19). The number of thiophene rings is 1. The Hall–Kier alpha value is -1.41. The van der Waals surface area contributed by atoms with Gasteiger partial charge in [0.15, 0.2) is 0 Å². The lowest BCUT2D eigenvalue weighted by atomic mass is 10.3. The van der Waals surface area contributed by atoms with Gasteiger partial charge in [-0.25, -0.2) is 13.1 Å². The SMILES string of the molecule is Cc1ccsc1CNC(=O)CCNS(=O)(=O)c1ccccc1Cl. The highest BCUT2D eigenvalue weighted by Gasteiger charge is 2.17. The molecule has 0 aliphatic carbocycles. The van der Waals surface area contributed by atoms with E-state index in [4.69, 9.17) is 11.6 Å². The van der Waals surface area contributed by atoms with Crippen molar-refractivity contribution in [3.05, 3.63) is 51.2 Å². The van der Waals surface area contributed by atoms with Crippen LogP contribution in [0.3, 0.4) is 0 Å². The van der Waals surface area contributed by atoms with Crippen LogP contribution in [-0.4, -0.2) is 20.9 Å². The van der Waals surface area contributed by atoms with Gasteiger partial charge >= 0.3 is 0 Å². The number of sulfonamides is 1. The van der Waals surface area contributed by atoms with E-state index in [1.54, 1.807) is 23.5 Å². The number of hydrogen-bond acceptors (Lipinski definition) is 4. The van der Waals surface area contributed by atoms with Crippen molar-refractivity contribution >= 4 is 38.9 Å². The molecule has 0 radical (unpaired) electrons. The summed E-state index contributed by atoms with van der Waals surface area (Å²) in [5.74, 6) is -0.209. The second-order valence-electron chi connectivity index (χ2n) is 4.88. The first-order valence-corrected chi connectivity index (χ1v) is 9.68. The van der Waals surface area contributed by atoms with Crippen molar-refractivity contribution in [3.63, 3.8) is 0 Å². The largest absolute Gasteiger partial charge is 0.351 e. The molecule has 1 aromatic heterocycles. The molecule has 0 saturated carbocycles. The summed E-state index contributed by atoms with van der Waals surface area (Å²) in [5, 5.41) is 4.89. The first-order chi connectivity index (χ1) is 10.9. The van der Waals surface area contributed by atoms with Crippen LogP contribution in [-0.2, 0) is 21.4 Å². The van der Waals surface area contributed by atoms with Gasteiger partial charge in [0.05, 0.1) is 11.6 Å². The maximum Gasteiger partial charge on any atom is 0.242 e. The summed E-state index contributed by atoms with van der Waals surface area (Å²) in [6.45, 7) is 2.46. The summed E-state index contributed by atoms with van der Waals surface area (Å²) in [4.78, 5) is 12.9. The van der Waals surface area contributed by atoms with Crippen LogP contribution in [0.25, 0.3) is 0 Å². The number of hydrogen-bond donors (Lipinski definition) is 2. The molecule has 124 valence electrons. The Morgan fingerprint density at radius 1 is 1.26 bits per heavy atom. The molecule has 0 unspecified atom stereocenters. The fourth-order valence-electron chi connectivity index (χ4n) is 1.89. The monoisotopic (exact) mass is 372 g/mol. The lowest BCUT2D eigenvalue weighted by Crippen LogP contribution is -2.30. The van der Waals surface area contributed by atoms with Gasteiger partial charge in [0.25, 0.3) is 0 Å². The minimum Gasteiger partial charge on any atom is -0.351 e. The fraction of sp³-hybridized carbons (Fsp3) is 0.267. The van der Waals surface area contributed by atoms with Gasteiger partial charge in [0.2, 0.25) is 15.9 Å². The van der Waals surface area contributed by atoms with Crippen molar-refractivity contribution in [2.24, 2.45) is 0 Å². The molecule has 1 aromatic carbocycles. The number of amides is 1. The normalized spacial score (nSPS) is 11.4. The van der Waals surface area contributed by atoms with Crippen molar-refractivity contribution in [2.75, 3.05) is 6.54 Å². The molecule has 1 amide bonds. The molecule has 0 aliphatic heterocycles. The van der Waals surface area contributed by atoms with Crippen molar-refractivity contribution in [1.29, 1.82) is 0 Å². The fourth-order valence-corrected chi connectivity index (χ4v) is 4.29. The molecular formula is C15H17ClN2O3S2. The van der Waals surface area contributed by atoms with Crippen LogP contribution in [0.15, 0.2) is 40.6 Å². The zero-order chi connectivity index (χ0) is 16.9. The summed E-state index contributed by atoms with van der Waals surface area (Å²) >= 11 is 7.45. The molecule has 0 aliphatic rings. The minimum atomic E-state index is -3.71. The second-order valence-corrected chi connectivity index (χ2v) is 8.02. The van der Waals surface area contributed by atoms with Crippen LogP contribution in [0.1, 0.15) is 16.9 Å². The van der Waals surface area contributed by atoms with Gasteiger partial charge in [-0.15, -0.1) is 11.3 Å². The Labute approximate surface area is 144 Å². The highest BCUT2D eigenvalue weighted by Crippen LogP contribution is 2.20. The third-order valence-electron chi connectivity index (χ3n) is 3.18. The Morgan fingerprint density at radius 2 is 2.00 bits per heavy atom. The average molecular weight is 373 g/mol. The molecule has 0 fully saturated rings. The van der Waals surface area contributed by atoms with Gasteiger partial charge in [-0.05, 0) is 36.1 Å². The van der Waals surface area contributed by atoms with Gasteiger partial charge < -0.3 is 5.32 Å².